The SMILES string of the molecule is C[C@@H]1O[C@@H](O[C@H]2[C@H](O[C@H]3CC[C@]4(C)[C@H]5C[C@@H](O)C6=C7[C@]8(CC[C@](C)(OC8=O)[C@@]7(C)O)CC[C@@]6(C)[C@]5(C)CC[C@H]4C3(C)C)OC[C@H](O)[C@@H]2O)[C@H](O)[C@H](O)[C@H]1O. The minimum Gasteiger partial charge on any atom is -0.455 e. The Balaban J connectivity index is 1.07. The Morgan fingerprint density at radius 1 is 0.741 bits per heavy atom. The molecule has 0 amide bonds. The summed E-state index contributed by atoms with van der Waals surface area (Å²) in [6.07, 6.45) is -6.65. The Morgan fingerprint density at radius 2 is 1.43 bits per heavy atom. The van der Waals surface area contributed by atoms with E-state index in [-0.39, 0.29) is 41.3 Å². The molecule has 8 fully saturated rings. The fraction of sp³-hybridized carbons (Fsp3) is 0.927. The molecule has 0 unspecified atom stereocenters. The summed E-state index contributed by atoms with van der Waals surface area (Å²) in [5.41, 5.74) is -2.95. The average molecular weight is 765 g/mol. The molecule has 1 spiro atoms. The van der Waals surface area contributed by atoms with E-state index < -0.39 is 88.9 Å². The quantitative estimate of drug-likeness (QED) is 0.125. The molecule has 4 saturated heterocycles. The van der Waals surface area contributed by atoms with Crippen LogP contribution in [-0.2, 0) is 28.5 Å². The van der Waals surface area contributed by atoms with E-state index in [1.165, 1.54) is 6.92 Å². The first kappa shape index (κ1) is 39.6. The zero-order valence-electron chi connectivity index (χ0n) is 33.2. The van der Waals surface area contributed by atoms with Crippen LogP contribution in [0.4, 0.5) is 0 Å². The molecule has 0 aromatic heterocycles. The van der Waals surface area contributed by atoms with Crippen molar-refractivity contribution in [2.75, 3.05) is 6.61 Å². The summed E-state index contributed by atoms with van der Waals surface area (Å²) in [4.78, 5) is 13.7. The van der Waals surface area contributed by atoms with Gasteiger partial charge in [0.25, 0.3) is 0 Å². The molecule has 4 heterocycles. The first-order chi connectivity index (χ1) is 25.0. The number of hydrogen-bond acceptors (Lipinski definition) is 13. The van der Waals surface area contributed by atoms with Crippen molar-refractivity contribution in [1.82, 2.24) is 0 Å². The summed E-state index contributed by atoms with van der Waals surface area (Å²) in [6, 6.07) is 0. The van der Waals surface area contributed by atoms with E-state index in [0.717, 1.165) is 36.8 Å². The number of aliphatic hydroxyl groups excluding tert-OH is 6. The molecule has 4 aliphatic heterocycles. The number of fused-ring (bicyclic) bond motifs is 7. The van der Waals surface area contributed by atoms with Gasteiger partial charge in [0.05, 0.1) is 30.3 Å². The minimum atomic E-state index is -1.61. The molecule has 9 aliphatic rings. The number of ether oxygens (including phenoxy) is 5. The number of hydrogen-bond donors (Lipinski definition) is 7. The van der Waals surface area contributed by atoms with Crippen molar-refractivity contribution >= 4 is 5.97 Å². The Labute approximate surface area is 318 Å². The van der Waals surface area contributed by atoms with Crippen molar-refractivity contribution in [1.29, 1.82) is 0 Å². The highest BCUT2D eigenvalue weighted by atomic mass is 16.8. The van der Waals surface area contributed by atoms with Crippen LogP contribution in [0, 0.1) is 38.9 Å². The smallest absolute Gasteiger partial charge is 0.317 e. The van der Waals surface area contributed by atoms with Crippen LogP contribution in [0.15, 0.2) is 11.1 Å². The number of rotatable bonds is 4. The summed E-state index contributed by atoms with van der Waals surface area (Å²) < 4.78 is 30.4. The second-order valence-electron chi connectivity index (χ2n) is 20.2. The van der Waals surface area contributed by atoms with E-state index in [0.29, 0.717) is 32.1 Å². The molecule has 306 valence electrons. The second kappa shape index (κ2) is 12.4. The molecule has 0 aromatic rings. The lowest BCUT2D eigenvalue weighted by Gasteiger charge is -2.73. The highest BCUT2D eigenvalue weighted by molar-refractivity contribution is 5.86. The van der Waals surface area contributed by atoms with Gasteiger partial charge in [0, 0.05) is 0 Å². The molecule has 19 atom stereocenters. The zero-order chi connectivity index (χ0) is 39.3. The third-order valence-electron chi connectivity index (χ3n) is 17.5. The topological polar surface area (TPSA) is 205 Å². The van der Waals surface area contributed by atoms with Crippen LogP contribution < -0.4 is 0 Å². The van der Waals surface area contributed by atoms with Crippen LogP contribution in [0.25, 0.3) is 0 Å². The molecular weight excluding hydrogens is 700 g/mol. The lowest BCUT2D eigenvalue weighted by molar-refractivity contribution is -0.364. The zero-order valence-corrected chi connectivity index (χ0v) is 33.2. The summed E-state index contributed by atoms with van der Waals surface area (Å²) in [5.74, 6) is 0.0692. The van der Waals surface area contributed by atoms with Crippen molar-refractivity contribution in [3.05, 3.63) is 11.1 Å². The number of aliphatic hydroxyl groups is 7. The van der Waals surface area contributed by atoms with Crippen molar-refractivity contribution < 1.29 is 64.2 Å². The van der Waals surface area contributed by atoms with Gasteiger partial charge in [-0.2, -0.15) is 0 Å². The molecule has 2 bridgehead atoms. The van der Waals surface area contributed by atoms with Gasteiger partial charge in [0.2, 0.25) is 0 Å². The maximum Gasteiger partial charge on any atom is 0.317 e. The lowest BCUT2D eigenvalue weighted by atomic mass is 9.33. The molecule has 0 aromatic carbocycles. The highest BCUT2D eigenvalue weighted by Crippen LogP contribution is 2.77. The van der Waals surface area contributed by atoms with Gasteiger partial charge in [-0.15, -0.1) is 0 Å². The highest BCUT2D eigenvalue weighted by Gasteiger charge is 2.75. The molecule has 4 saturated carbocycles. The molecule has 0 radical (unpaired) electrons. The molecule has 9 rings (SSSR count). The molecule has 13 nitrogen and oxygen atoms in total. The Morgan fingerprint density at radius 3 is 2.11 bits per heavy atom. The lowest BCUT2D eigenvalue weighted by Crippen LogP contribution is -2.72. The van der Waals surface area contributed by atoms with Gasteiger partial charge >= 0.3 is 5.97 Å². The standard InChI is InChI=1S/C41H64O13/c1-19-26(44)28(46)29(47)32(51-19)53-30-27(45)21(43)18-50-33(30)52-24-10-11-36(4)22(35(24,2)3)9-12-37(5)23(36)17-20(42)25-31-40(8,49)39(7)14-16-41(31,34(48)54-39)15-13-38(25,37)6/h19-24,26-30,32-33,42-47,49H,9-18H2,1-8H3/t19-,20+,21-,22-,23+,24-,26-,27-,28+,29+,30+,32-,33-,36-,37+,38+,39-,40-,41+/m0/s1. The minimum absolute atomic E-state index is 0.142. The molecular formula is C41H64O13. The van der Waals surface area contributed by atoms with Gasteiger partial charge in [0.15, 0.2) is 12.6 Å². The first-order valence-electron chi connectivity index (χ1n) is 20.4. The van der Waals surface area contributed by atoms with Crippen LogP contribution in [0.2, 0.25) is 0 Å². The monoisotopic (exact) mass is 764 g/mol. The van der Waals surface area contributed by atoms with Crippen molar-refractivity contribution in [2.24, 2.45) is 38.9 Å². The van der Waals surface area contributed by atoms with Crippen LogP contribution >= 0.6 is 0 Å². The summed E-state index contributed by atoms with van der Waals surface area (Å²) in [6.45, 7) is 16.4. The number of esters is 1. The average Bonchev–Trinajstić information content (AvgIpc) is 3.09. The largest absolute Gasteiger partial charge is 0.455 e. The Kier molecular flexibility index (Phi) is 9.09. The molecule has 54 heavy (non-hydrogen) atoms. The fourth-order valence-electron chi connectivity index (χ4n) is 13.9. The van der Waals surface area contributed by atoms with Gasteiger partial charge in [-0.05, 0) is 123 Å². The Hall–Kier alpha value is -1.23. The van der Waals surface area contributed by atoms with E-state index in [1.807, 2.05) is 6.92 Å². The second-order valence-corrected chi connectivity index (χ2v) is 20.2. The van der Waals surface area contributed by atoms with E-state index in [4.69, 9.17) is 23.7 Å². The number of carbonyl (C=O) groups is 1. The van der Waals surface area contributed by atoms with Crippen LogP contribution in [0.5, 0.6) is 0 Å². The van der Waals surface area contributed by atoms with Crippen molar-refractivity contribution in [3.63, 3.8) is 0 Å². The van der Waals surface area contributed by atoms with E-state index in [1.54, 1.807) is 6.92 Å². The molecule has 7 N–H and O–H groups in total. The predicted octanol–water partition coefficient (Wildman–Crippen LogP) is 2.23. The Bertz CT molecular complexity index is 1560. The van der Waals surface area contributed by atoms with Crippen molar-refractivity contribution in [2.45, 2.75) is 192 Å². The van der Waals surface area contributed by atoms with Gasteiger partial charge in [-0.1, -0.05) is 34.6 Å². The fourth-order valence-corrected chi connectivity index (χ4v) is 13.9. The van der Waals surface area contributed by atoms with E-state index in [2.05, 4.69) is 34.6 Å². The summed E-state index contributed by atoms with van der Waals surface area (Å²) >= 11 is 0. The van der Waals surface area contributed by atoms with Gasteiger partial charge in [-0.25, -0.2) is 0 Å². The van der Waals surface area contributed by atoms with Crippen LogP contribution in [-0.4, -0.2) is 127 Å². The van der Waals surface area contributed by atoms with Gasteiger partial charge < -0.3 is 59.4 Å². The maximum atomic E-state index is 13.7. The van der Waals surface area contributed by atoms with Gasteiger partial charge in [-0.3, -0.25) is 4.79 Å². The third-order valence-corrected chi connectivity index (χ3v) is 17.5. The van der Waals surface area contributed by atoms with E-state index >= 15 is 0 Å². The van der Waals surface area contributed by atoms with Crippen molar-refractivity contribution in [3.8, 4) is 0 Å². The predicted molar refractivity (Wildman–Crippen MR) is 191 cm³/mol. The van der Waals surface area contributed by atoms with E-state index in [9.17, 15) is 40.5 Å². The third kappa shape index (κ3) is 4.99. The van der Waals surface area contributed by atoms with Crippen LogP contribution in [0.3, 0.4) is 0 Å². The van der Waals surface area contributed by atoms with Gasteiger partial charge in [0.1, 0.15) is 47.8 Å². The first-order valence-corrected chi connectivity index (χ1v) is 20.4. The molecule has 13 heteroatoms. The normalized spacial score (nSPS) is 58.1. The maximum absolute atomic E-state index is 13.7. The summed E-state index contributed by atoms with van der Waals surface area (Å²) in [5, 5.41) is 77.6. The van der Waals surface area contributed by atoms with Crippen LogP contribution in [0.1, 0.15) is 113 Å². The number of carbonyl (C=O) groups excluding carboxylic acids is 1. The summed E-state index contributed by atoms with van der Waals surface area (Å²) in [7, 11) is 0. The molecule has 5 aliphatic carbocycles.